The van der Waals surface area contributed by atoms with E-state index in [-0.39, 0.29) is 0 Å². The lowest BCUT2D eigenvalue weighted by atomic mass is 10.2. The number of aromatic nitrogens is 1. The van der Waals surface area contributed by atoms with Gasteiger partial charge in [0.25, 0.3) is 0 Å². The summed E-state index contributed by atoms with van der Waals surface area (Å²) in [6, 6.07) is 9.67. The molecule has 0 saturated carbocycles. The first-order valence-electron chi connectivity index (χ1n) is 5.38. The number of oxazole rings is 1. The highest BCUT2D eigenvalue weighted by atomic mass is 79.9. The minimum Gasteiger partial charge on any atom is -0.469 e. The van der Waals surface area contributed by atoms with Crippen LogP contribution in [0.15, 0.2) is 49.9 Å². The van der Waals surface area contributed by atoms with Crippen molar-refractivity contribution in [2.45, 2.75) is 12.8 Å². The van der Waals surface area contributed by atoms with Crippen molar-refractivity contribution >= 4 is 27.0 Å². The van der Waals surface area contributed by atoms with Crippen LogP contribution >= 0.6 is 15.9 Å². The highest BCUT2D eigenvalue weighted by Gasteiger charge is 2.07. The Morgan fingerprint density at radius 2 is 2.12 bits per heavy atom. The third-order valence-electron chi connectivity index (χ3n) is 2.56. The lowest BCUT2D eigenvalue weighted by molar-refractivity contribution is 0.480. The number of hydrogen-bond acceptors (Lipinski definition) is 3. The first-order valence-corrected chi connectivity index (χ1v) is 6.18. The van der Waals surface area contributed by atoms with Crippen molar-refractivity contribution in [3.63, 3.8) is 0 Å². The third-order valence-corrected chi connectivity index (χ3v) is 3.05. The van der Waals surface area contributed by atoms with E-state index in [1.54, 1.807) is 6.26 Å². The van der Waals surface area contributed by atoms with E-state index in [1.807, 2.05) is 30.3 Å². The molecular weight excluding hydrogens is 282 g/mol. The molecule has 0 radical (unpaired) electrons. The lowest BCUT2D eigenvalue weighted by Crippen LogP contribution is -1.88. The molecule has 2 heterocycles. The Balaban J connectivity index is 1.81. The van der Waals surface area contributed by atoms with Crippen LogP contribution in [0.3, 0.4) is 0 Å². The summed E-state index contributed by atoms with van der Waals surface area (Å²) in [7, 11) is 0. The van der Waals surface area contributed by atoms with Crippen LogP contribution in [0.1, 0.15) is 11.7 Å². The summed E-state index contributed by atoms with van der Waals surface area (Å²) in [4.78, 5) is 4.43. The molecule has 0 N–H and O–H groups in total. The summed E-state index contributed by atoms with van der Waals surface area (Å²) in [6.07, 6.45) is 3.24. The molecule has 0 saturated heterocycles. The molecule has 0 amide bonds. The SMILES string of the molecule is Brc1ccc2oc(CCc3ccco3)nc2c1. The fraction of sp³-hybridized carbons (Fsp3) is 0.154. The number of benzene rings is 1. The van der Waals surface area contributed by atoms with Gasteiger partial charge in [-0.25, -0.2) is 4.98 Å². The van der Waals surface area contributed by atoms with E-state index in [9.17, 15) is 0 Å². The summed E-state index contributed by atoms with van der Waals surface area (Å²) in [5.74, 6) is 1.70. The molecule has 17 heavy (non-hydrogen) atoms. The van der Waals surface area contributed by atoms with Gasteiger partial charge in [0.1, 0.15) is 11.3 Å². The van der Waals surface area contributed by atoms with Gasteiger partial charge in [0.15, 0.2) is 11.5 Å². The summed E-state index contributed by atoms with van der Waals surface area (Å²) < 4.78 is 11.9. The number of rotatable bonds is 3. The van der Waals surface area contributed by atoms with Gasteiger partial charge < -0.3 is 8.83 Å². The topological polar surface area (TPSA) is 39.2 Å². The minimum absolute atomic E-state index is 0.745. The molecule has 0 bridgehead atoms. The van der Waals surface area contributed by atoms with E-state index < -0.39 is 0 Å². The van der Waals surface area contributed by atoms with Crippen molar-refractivity contribution in [3.8, 4) is 0 Å². The van der Waals surface area contributed by atoms with E-state index in [1.165, 1.54) is 0 Å². The zero-order valence-electron chi connectivity index (χ0n) is 9.02. The van der Waals surface area contributed by atoms with Gasteiger partial charge in [0.2, 0.25) is 0 Å². The zero-order chi connectivity index (χ0) is 11.7. The fourth-order valence-electron chi connectivity index (χ4n) is 1.74. The second kappa shape index (κ2) is 4.37. The highest BCUT2D eigenvalue weighted by Crippen LogP contribution is 2.21. The summed E-state index contributed by atoms with van der Waals surface area (Å²) in [6.45, 7) is 0. The second-order valence-corrected chi connectivity index (χ2v) is 4.71. The average Bonchev–Trinajstić information content (AvgIpc) is 2.94. The minimum atomic E-state index is 0.745. The molecule has 0 fully saturated rings. The van der Waals surface area contributed by atoms with Gasteiger partial charge in [-0.1, -0.05) is 15.9 Å². The largest absolute Gasteiger partial charge is 0.469 e. The maximum absolute atomic E-state index is 5.65. The normalized spacial score (nSPS) is 11.1. The molecule has 3 aromatic rings. The van der Waals surface area contributed by atoms with Gasteiger partial charge in [-0.05, 0) is 30.3 Å². The number of hydrogen-bond donors (Lipinski definition) is 0. The molecule has 1 aromatic carbocycles. The van der Waals surface area contributed by atoms with Gasteiger partial charge in [-0.15, -0.1) is 0 Å². The number of aryl methyl sites for hydroxylation is 2. The Bertz CT molecular complexity index is 628. The second-order valence-electron chi connectivity index (χ2n) is 3.80. The average molecular weight is 292 g/mol. The van der Waals surface area contributed by atoms with Crippen LogP contribution in [-0.4, -0.2) is 4.98 Å². The molecule has 3 rings (SSSR count). The van der Waals surface area contributed by atoms with Gasteiger partial charge in [0, 0.05) is 17.3 Å². The van der Waals surface area contributed by atoms with Crippen molar-refractivity contribution in [3.05, 3.63) is 52.7 Å². The van der Waals surface area contributed by atoms with Gasteiger partial charge in [0.05, 0.1) is 6.26 Å². The maximum Gasteiger partial charge on any atom is 0.195 e. The predicted octanol–water partition coefficient (Wildman–Crippen LogP) is 3.97. The number of nitrogens with zero attached hydrogens (tertiary/aromatic N) is 1. The predicted molar refractivity (Wildman–Crippen MR) is 67.8 cm³/mol. The molecule has 86 valence electrons. The van der Waals surface area contributed by atoms with Crippen LogP contribution in [0.2, 0.25) is 0 Å². The standard InChI is InChI=1S/C13H10BrNO2/c14-9-3-5-12-11(8-9)15-13(17-12)6-4-10-2-1-7-16-10/h1-3,5,7-8H,4,6H2. The van der Waals surface area contributed by atoms with Crippen LogP contribution in [0.25, 0.3) is 11.1 Å². The molecule has 0 aliphatic heterocycles. The number of furan rings is 1. The van der Waals surface area contributed by atoms with Crippen molar-refractivity contribution in [2.75, 3.05) is 0 Å². The quantitative estimate of drug-likeness (QED) is 0.733. The molecular formula is C13H10BrNO2. The smallest absolute Gasteiger partial charge is 0.195 e. The highest BCUT2D eigenvalue weighted by molar-refractivity contribution is 9.10. The first-order chi connectivity index (χ1) is 8.31. The van der Waals surface area contributed by atoms with Crippen molar-refractivity contribution < 1.29 is 8.83 Å². The zero-order valence-corrected chi connectivity index (χ0v) is 10.6. The number of fused-ring (bicyclic) bond motifs is 1. The van der Waals surface area contributed by atoms with E-state index in [0.717, 1.165) is 40.1 Å². The Labute approximate surface area is 107 Å². The van der Waals surface area contributed by atoms with Crippen LogP contribution in [0, 0.1) is 0 Å². The van der Waals surface area contributed by atoms with E-state index >= 15 is 0 Å². The molecule has 4 heteroatoms. The van der Waals surface area contributed by atoms with Gasteiger partial charge in [-0.2, -0.15) is 0 Å². The Kier molecular flexibility index (Phi) is 2.73. The molecule has 0 atom stereocenters. The Morgan fingerprint density at radius 1 is 1.18 bits per heavy atom. The van der Waals surface area contributed by atoms with Crippen molar-refractivity contribution in [1.82, 2.24) is 4.98 Å². The lowest BCUT2D eigenvalue weighted by Gasteiger charge is -1.91. The summed E-state index contributed by atoms with van der Waals surface area (Å²) >= 11 is 3.42. The Hall–Kier alpha value is -1.55. The van der Waals surface area contributed by atoms with Crippen molar-refractivity contribution in [1.29, 1.82) is 0 Å². The maximum atomic E-state index is 5.65. The molecule has 0 aliphatic rings. The molecule has 3 nitrogen and oxygen atoms in total. The molecule has 0 unspecified atom stereocenters. The van der Waals surface area contributed by atoms with E-state index in [2.05, 4.69) is 20.9 Å². The monoisotopic (exact) mass is 291 g/mol. The molecule has 2 aromatic heterocycles. The molecule has 0 aliphatic carbocycles. The van der Waals surface area contributed by atoms with E-state index in [0.29, 0.717) is 0 Å². The third kappa shape index (κ3) is 2.26. The number of halogens is 1. The van der Waals surface area contributed by atoms with Crippen molar-refractivity contribution in [2.24, 2.45) is 0 Å². The fourth-order valence-corrected chi connectivity index (χ4v) is 2.09. The van der Waals surface area contributed by atoms with Crippen LogP contribution in [0.4, 0.5) is 0 Å². The van der Waals surface area contributed by atoms with Crippen LogP contribution in [0.5, 0.6) is 0 Å². The van der Waals surface area contributed by atoms with E-state index in [4.69, 9.17) is 8.83 Å². The van der Waals surface area contributed by atoms with Crippen LogP contribution < -0.4 is 0 Å². The summed E-state index contributed by atoms with van der Waals surface area (Å²) in [5.41, 5.74) is 1.71. The Morgan fingerprint density at radius 3 is 2.94 bits per heavy atom. The summed E-state index contributed by atoms with van der Waals surface area (Å²) in [5, 5.41) is 0. The first kappa shape index (κ1) is 10.6. The molecule has 0 spiro atoms. The van der Waals surface area contributed by atoms with Gasteiger partial charge >= 0.3 is 0 Å². The van der Waals surface area contributed by atoms with Crippen LogP contribution in [-0.2, 0) is 12.8 Å². The van der Waals surface area contributed by atoms with Gasteiger partial charge in [-0.3, -0.25) is 0 Å².